The Morgan fingerprint density at radius 2 is 2.19 bits per heavy atom. The second-order valence-electron chi connectivity index (χ2n) is 6.18. The van der Waals surface area contributed by atoms with Crippen LogP contribution in [0.1, 0.15) is 54.3 Å². The largest absolute Gasteiger partial charge is 0.484 e. The van der Waals surface area contributed by atoms with Crippen molar-refractivity contribution >= 4 is 0 Å². The number of hydrogen-bond acceptors (Lipinski definition) is 3. The summed E-state index contributed by atoms with van der Waals surface area (Å²) in [4.78, 5) is 4.34. The second-order valence-corrected chi connectivity index (χ2v) is 6.18. The van der Waals surface area contributed by atoms with E-state index >= 15 is 0 Å². The lowest BCUT2D eigenvalue weighted by Crippen LogP contribution is -2.28. The molecule has 0 amide bonds. The molecule has 2 unspecified atom stereocenters. The Labute approximate surface area is 125 Å². The van der Waals surface area contributed by atoms with Crippen LogP contribution in [0.3, 0.4) is 0 Å². The summed E-state index contributed by atoms with van der Waals surface area (Å²) < 4.78 is 8.58. The van der Waals surface area contributed by atoms with Crippen molar-refractivity contribution in [1.82, 2.24) is 14.9 Å². The van der Waals surface area contributed by atoms with Gasteiger partial charge >= 0.3 is 0 Å². The molecule has 110 valence electrons. The molecule has 1 aliphatic heterocycles. The van der Waals surface area contributed by atoms with Crippen molar-refractivity contribution in [2.45, 2.75) is 44.4 Å². The minimum absolute atomic E-state index is 0.0840. The summed E-state index contributed by atoms with van der Waals surface area (Å²) in [6.45, 7) is 2.13. The van der Waals surface area contributed by atoms with Gasteiger partial charge in [-0.25, -0.2) is 4.98 Å². The van der Waals surface area contributed by atoms with Crippen LogP contribution in [-0.4, -0.2) is 16.6 Å². The van der Waals surface area contributed by atoms with Gasteiger partial charge in [0.2, 0.25) is 0 Å². The highest BCUT2D eigenvalue weighted by atomic mass is 16.5. The molecule has 1 fully saturated rings. The van der Waals surface area contributed by atoms with E-state index in [2.05, 4.69) is 40.0 Å². The third kappa shape index (κ3) is 2.23. The smallest absolute Gasteiger partial charge is 0.142 e. The van der Waals surface area contributed by atoms with Crippen molar-refractivity contribution in [2.75, 3.05) is 7.05 Å². The van der Waals surface area contributed by atoms with Crippen LogP contribution in [0.25, 0.3) is 0 Å². The van der Waals surface area contributed by atoms with Crippen LogP contribution in [0.5, 0.6) is 5.75 Å². The molecule has 1 aromatic carbocycles. The molecule has 0 bridgehead atoms. The number of rotatable bonds is 3. The summed E-state index contributed by atoms with van der Waals surface area (Å²) in [6.07, 6.45) is 7.49. The first-order valence-corrected chi connectivity index (χ1v) is 7.72. The molecule has 2 heterocycles. The molecule has 1 aromatic heterocycles. The van der Waals surface area contributed by atoms with Gasteiger partial charge in [-0.05, 0) is 32.9 Å². The van der Waals surface area contributed by atoms with Gasteiger partial charge in [0.1, 0.15) is 11.9 Å². The highest BCUT2D eigenvalue weighted by Gasteiger charge is 2.33. The molecule has 0 spiro atoms. The normalized spacial score (nSPS) is 24.5. The number of nitrogens with zero attached hydrogens (tertiary/aromatic N) is 2. The lowest BCUT2D eigenvalue weighted by atomic mass is 9.94. The van der Waals surface area contributed by atoms with Crippen LogP contribution in [-0.2, 0) is 0 Å². The van der Waals surface area contributed by atoms with Gasteiger partial charge in [-0.2, -0.15) is 0 Å². The number of aryl methyl sites for hydroxylation is 1. The molecule has 0 radical (unpaired) electrons. The Hall–Kier alpha value is -1.81. The maximum absolute atomic E-state index is 6.28. The monoisotopic (exact) mass is 283 g/mol. The van der Waals surface area contributed by atoms with E-state index in [0.29, 0.717) is 12.1 Å². The zero-order valence-corrected chi connectivity index (χ0v) is 12.5. The van der Waals surface area contributed by atoms with Crippen LogP contribution in [0, 0.1) is 6.92 Å². The molecule has 1 N–H and O–H groups in total. The first-order chi connectivity index (χ1) is 10.3. The molecule has 2 aliphatic rings. The van der Waals surface area contributed by atoms with Crippen LogP contribution < -0.4 is 10.1 Å². The average Bonchev–Trinajstić information content (AvgIpc) is 3.23. The maximum Gasteiger partial charge on any atom is 0.142 e. The quantitative estimate of drug-likeness (QED) is 0.939. The van der Waals surface area contributed by atoms with Crippen molar-refractivity contribution in [2.24, 2.45) is 0 Å². The van der Waals surface area contributed by atoms with Gasteiger partial charge < -0.3 is 14.6 Å². The number of imidazole rings is 1. The maximum atomic E-state index is 6.28. The van der Waals surface area contributed by atoms with Gasteiger partial charge in [0.15, 0.2) is 0 Å². The van der Waals surface area contributed by atoms with E-state index in [1.54, 1.807) is 0 Å². The van der Waals surface area contributed by atoms with Gasteiger partial charge in [0, 0.05) is 24.1 Å². The van der Waals surface area contributed by atoms with E-state index in [1.807, 2.05) is 19.6 Å². The Kier molecular flexibility index (Phi) is 3.00. The number of nitrogens with one attached hydrogen (secondary N) is 1. The molecule has 2 atom stereocenters. The Morgan fingerprint density at radius 3 is 2.95 bits per heavy atom. The van der Waals surface area contributed by atoms with Crippen molar-refractivity contribution in [3.05, 3.63) is 47.5 Å². The number of aromatic nitrogens is 2. The summed E-state index contributed by atoms with van der Waals surface area (Å²) in [5, 5.41) is 3.43. The van der Waals surface area contributed by atoms with E-state index in [0.717, 1.165) is 12.2 Å². The lowest BCUT2D eigenvalue weighted by Gasteiger charge is -2.32. The standard InChI is InChI=1S/C17H21N3O/c1-11-3-6-16-13(7-11)14(18-2)8-17(21-16)15-9-19-10-20(15)12-4-5-12/h3,6-7,9-10,12,14,17-18H,4-5,8H2,1-2H3. The highest BCUT2D eigenvalue weighted by molar-refractivity contribution is 5.41. The van der Waals surface area contributed by atoms with Crippen LogP contribution in [0.2, 0.25) is 0 Å². The zero-order valence-electron chi connectivity index (χ0n) is 12.5. The van der Waals surface area contributed by atoms with Gasteiger partial charge in [-0.15, -0.1) is 0 Å². The zero-order chi connectivity index (χ0) is 14.4. The van der Waals surface area contributed by atoms with Crippen LogP contribution in [0.4, 0.5) is 0 Å². The van der Waals surface area contributed by atoms with Crippen molar-refractivity contribution < 1.29 is 4.74 Å². The van der Waals surface area contributed by atoms with E-state index < -0.39 is 0 Å². The van der Waals surface area contributed by atoms with E-state index in [-0.39, 0.29) is 6.10 Å². The molecule has 4 rings (SSSR count). The molecule has 0 saturated heterocycles. The average molecular weight is 283 g/mol. The summed E-state index contributed by atoms with van der Waals surface area (Å²) in [5.74, 6) is 1.000. The summed E-state index contributed by atoms with van der Waals surface area (Å²) in [6, 6.07) is 7.41. The van der Waals surface area contributed by atoms with Crippen LogP contribution in [0.15, 0.2) is 30.7 Å². The van der Waals surface area contributed by atoms with Crippen molar-refractivity contribution in [3.63, 3.8) is 0 Å². The number of ether oxygens (including phenoxy) is 1. The predicted molar refractivity (Wildman–Crippen MR) is 81.5 cm³/mol. The molecule has 4 nitrogen and oxygen atoms in total. The third-order valence-electron chi connectivity index (χ3n) is 4.57. The first-order valence-electron chi connectivity index (χ1n) is 7.72. The predicted octanol–water partition coefficient (Wildman–Crippen LogP) is 3.31. The second kappa shape index (κ2) is 4.88. The van der Waals surface area contributed by atoms with E-state index in [4.69, 9.17) is 4.74 Å². The number of fused-ring (bicyclic) bond motifs is 1. The molecular weight excluding hydrogens is 262 g/mol. The highest BCUT2D eigenvalue weighted by Crippen LogP contribution is 2.43. The Bertz CT molecular complexity index is 660. The number of hydrogen-bond donors (Lipinski definition) is 1. The fourth-order valence-corrected chi connectivity index (χ4v) is 3.27. The summed E-state index contributed by atoms with van der Waals surface area (Å²) in [5.41, 5.74) is 3.76. The van der Waals surface area contributed by atoms with Crippen LogP contribution >= 0.6 is 0 Å². The van der Waals surface area contributed by atoms with E-state index in [9.17, 15) is 0 Å². The SMILES string of the molecule is CNC1CC(c2cncn2C2CC2)Oc2ccc(C)cc21. The van der Waals surface area contributed by atoms with Crippen molar-refractivity contribution in [1.29, 1.82) is 0 Å². The molecule has 4 heteroatoms. The third-order valence-corrected chi connectivity index (χ3v) is 4.57. The molecule has 1 saturated carbocycles. The summed E-state index contributed by atoms with van der Waals surface area (Å²) in [7, 11) is 2.03. The minimum atomic E-state index is 0.0840. The van der Waals surface area contributed by atoms with Gasteiger partial charge in [-0.3, -0.25) is 0 Å². The Balaban J connectivity index is 1.69. The lowest BCUT2D eigenvalue weighted by molar-refractivity contribution is 0.145. The summed E-state index contributed by atoms with van der Waals surface area (Å²) >= 11 is 0. The van der Waals surface area contributed by atoms with Gasteiger partial charge in [0.05, 0.1) is 18.2 Å². The molecule has 21 heavy (non-hydrogen) atoms. The fraction of sp³-hybridized carbons (Fsp3) is 0.471. The minimum Gasteiger partial charge on any atom is -0.484 e. The fourth-order valence-electron chi connectivity index (χ4n) is 3.27. The molecule has 2 aromatic rings. The van der Waals surface area contributed by atoms with Gasteiger partial charge in [-0.1, -0.05) is 17.7 Å². The molecule has 1 aliphatic carbocycles. The Morgan fingerprint density at radius 1 is 1.33 bits per heavy atom. The van der Waals surface area contributed by atoms with Crippen molar-refractivity contribution in [3.8, 4) is 5.75 Å². The topological polar surface area (TPSA) is 39.1 Å². The molecular formula is C17H21N3O. The first kappa shape index (κ1) is 12.9. The van der Waals surface area contributed by atoms with Gasteiger partial charge in [0.25, 0.3) is 0 Å². The number of benzene rings is 1. The van der Waals surface area contributed by atoms with E-state index in [1.165, 1.54) is 29.7 Å².